The maximum absolute atomic E-state index is 11.3. The highest BCUT2D eigenvalue weighted by atomic mass is 32.2. The molecule has 1 aliphatic heterocycles. The van der Waals surface area contributed by atoms with Crippen molar-refractivity contribution in [1.29, 1.82) is 0 Å². The Labute approximate surface area is 137 Å². The number of hydrogen-bond acceptors (Lipinski definition) is 9. The molecule has 1 amide bonds. The second kappa shape index (κ2) is 11.7. The van der Waals surface area contributed by atoms with Gasteiger partial charge in [-0.3, -0.25) is 4.79 Å². The minimum atomic E-state index is -0.875. The third kappa shape index (κ3) is 9.76. The van der Waals surface area contributed by atoms with E-state index in [1.165, 1.54) is 0 Å². The van der Waals surface area contributed by atoms with Crippen LogP contribution in [0.3, 0.4) is 0 Å². The third-order valence-electron chi connectivity index (χ3n) is 2.37. The second-order valence-corrected chi connectivity index (χ2v) is 5.17. The Morgan fingerprint density at radius 2 is 1.91 bits per heavy atom. The van der Waals surface area contributed by atoms with Crippen LogP contribution in [-0.4, -0.2) is 69.0 Å². The molecule has 0 aromatic rings. The molecule has 0 aromatic carbocycles. The lowest BCUT2D eigenvalue weighted by molar-refractivity contribution is -0.157. The lowest BCUT2D eigenvalue weighted by Gasteiger charge is -2.21. The Morgan fingerprint density at radius 3 is 2.61 bits per heavy atom. The molecule has 0 saturated carbocycles. The fraction of sp³-hybridized carbons (Fsp3) is 0.615. The Kier molecular flexibility index (Phi) is 9.84. The van der Waals surface area contributed by atoms with Crippen LogP contribution in [0.5, 0.6) is 0 Å². The molecule has 0 spiro atoms. The summed E-state index contributed by atoms with van der Waals surface area (Å²) in [5.74, 6) is 0.0582. The largest absolute Gasteiger partial charge is 0.508 e. The van der Waals surface area contributed by atoms with Crippen LogP contribution < -0.4 is 5.32 Å². The van der Waals surface area contributed by atoms with Crippen molar-refractivity contribution in [1.82, 2.24) is 5.32 Å². The lowest BCUT2D eigenvalue weighted by Crippen LogP contribution is -2.33. The number of amides is 1. The van der Waals surface area contributed by atoms with Gasteiger partial charge in [-0.25, -0.2) is 9.59 Å². The zero-order chi connectivity index (χ0) is 16.9. The van der Waals surface area contributed by atoms with E-state index in [1.54, 1.807) is 0 Å². The van der Waals surface area contributed by atoms with Crippen molar-refractivity contribution in [3.8, 4) is 0 Å². The standard InChI is InChI=1S/C13H19NO8S/c1-2-11(15)14-3-6-23-13(17)21-5-4-20-12(16)22-10-7-18-9-19-8-10/h2,10H,1,3-9H2,(H,14,15). The topological polar surface area (TPSA) is 109 Å². The Balaban J connectivity index is 1.96. The Hall–Kier alpha value is -1.78. The molecule has 10 heteroatoms. The summed E-state index contributed by atoms with van der Waals surface area (Å²) < 4.78 is 24.4. The van der Waals surface area contributed by atoms with E-state index in [-0.39, 0.29) is 39.1 Å². The number of ether oxygens (including phenoxy) is 5. The van der Waals surface area contributed by atoms with Crippen molar-refractivity contribution in [2.24, 2.45) is 0 Å². The Bertz CT molecular complexity index is 411. The molecule has 1 aliphatic rings. The maximum Gasteiger partial charge on any atom is 0.508 e. The van der Waals surface area contributed by atoms with Gasteiger partial charge in [0.2, 0.25) is 5.91 Å². The number of thioether (sulfide) groups is 1. The molecule has 0 aliphatic carbocycles. The van der Waals surface area contributed by atoms with Crippen LogP contribution in [0.15, 0.2) is 12.7 Å². The van der Waals surface area contributed by atoms with E-state index in [9.17, 15) is 14.4 Å². The predicted molar refractivity (Wildman–Crippen MR) is 80.0 cm³/mol. The number of carbonyl (C=O) groups excluding carboxylic acids is 3. The van der Waals surface area contributed by atoms with Crippen molar-refractivity contribution in [3.63, 3.8) is 0 Å². The van der Waals surface area contributed by atoms with Gasteiger partial charge >= 0.3 is 11.5 Å². The summed E-state index contributed by atoms with van der Waals surface area (Å²) in [5.41, 5.74) is 0. The first-order chi connectivity index (χ1) is 11.1. The van der Waals surface area contributed by atoms with Gasteiger partial charge in [0, 0.05) is 12.3 Å². The molecule has 0 aromatic heterocycles. The molecule has 1 fully saturated rings. The highest BCUT2D eigenvalue weighted by molar-refractivity contribution is 8.13. The predicted octanol–water partition coefficient (Wildman–Crippen LogP) is 0.684. The molecule has 1 heterocycles. The van der Waals surface area contributed by atoms with E-state index in [0.717, 1.165) is 17.8 Å². The molecule has 1 rings (SSSR count). The summed E-state index contributed by atoms with van der Waals surface area (Å²) in [6.45, 7) is 4.10. The van der Waals surface area contributed by atoms with Gasteiger partial charge in [-0.05, 0) is 17.8 Å². The summed E-state index contributed by atoms with van der Waals surface area (Å²) in [6.07, 6.45) is -0.231. The van der Waals surface area contributed by atoms with Gasteiger partial charge in [0.1, 0.15) is 20.0 Å². The normalized spacial score (nSPS) is 14.6. The molecule has 130 valence electrons. The molecule has 9 nitrogen and oxygen atoms in total. The zero-order valence-corrected chi connectivity index (χ0v) is 13.3. The highest BCUT2D eigenvalue weighted by Crippen LogP contribution is 2.05. The SMILES string of the molecule is C=CC(=O)NCCSC(=O)OCCOC(=O)OC1COCOC1. The first-order valence-electron chi connectivity index (χ1n) is 6.80. The highest BCUT2D eigenvalue weighted by Gasteiger charge is 2.19. The van der Waals surface area contributed by atoms with Crippen molar-refractivity contribution in [2.75, 3.05) is 45.5 Å². The van der Waals surface area contributed by atoms with Gasteiger partial charge in [-0.1, -0.05) is 6.58 Å². The average Bonchev–Trinajstić information content (AvgIpc) is 2.56. The zero-order valence-electron chi connectivity index (χ0n) is 12.5. The van der Waals surface area contributed by atoms with Gasteiger partial charge < -0.3 is 29.0 Å². The van der Waals surface area contributed by atoms with E-state index in [2.05, 4.69) is 11.9 Å². The van der Waals surface area contributed by atoms with E-state index in [1.807, 2.05) is 0 Å². The minimum Gasteiger partial charge on any atom is -0.454 e. The smallest absolute Gasteiger partial charge is 0.454 e. The van der Waals surface area contributed by atoms with Crippen LogP contribution in [0.2, 0.25) is 0 Å². The summed E-state index contributed by atoms with van der Waals surface area (Å²) in [6, 6.07) is 0. The molecule has 1 saturated heterocycles. The van der Waals surface area contributed by atoms with Gasteiger partial charge in [0.25, 0.3) is 0 Å². The van der Waals surface area contributed by atoms with Crippen molar-refractivity contribution < 1.29 is 38.1 Å². The molecular formula is C13H19NO8S. The number of carbonyl (C=O) groups is 3. The van der Waals surface area contributed by atoms with Crippen LogP contribution in [-0.2, 0) is 28.5 Å². The molecular weight excluding hydrogens is 330 g/mol. The maximum atomic E-state index is 11.3. The summed E-state index contributed by atoms with van der Waals surface area (Å²) >= 11 is 0.901. The molecule has 23 heavy (non-hydrogen) atoms. The number of hydrogen-bond donors (Lipinski definition) is 1. The lowest BCUT2D eigenvalue weighted by atomic mass is 10.4. The number of rotatable bonds is 8. The van der Waals surface area contributed by atoms with Gasteiger partial charge in [0.05, 0.1) is 13.2 Å². The first-order valence-corrected chi connectivity index (χ1v) is 7.79. The van der Waals surface area contributed by atoms with Gasteiger partial charge in [-0.15, -0.1) is 0 Å². The number of nitrogens with one attached hydrogen (secondary N) is 1. The van der Waals surface area contributed by atoms with E-state index in [0.29, 0.717) is 12.3 Å². The van der Waals surface area contributed by atoms with Crippen LogP contribution in [0, 0.1) is 0 Å². The molecule has 0 atom stereocenters. The van der Waals surface area contributed by atoms with Gasteiger partial charge in [0.15, 0.2) is 6.10 Å². The van der Waals surface area contributed by atoms with Crippen LogP contribution in [0.1, 0.15) is 0 Å². The van der Waals surface area contributed by atoms with Crippen LogP contribution >= 0.6 is 11.8 Å². The van der Waals surface area contributed by atoms with Gasteiger partial charge in [-0.2, -0.15) is 0 Å². The minimum absolute atomic E-state index is 0.0857. The average molecular weight is 349 g/mol. The summed E-state index contributed by atoms with van der Waals surface area (Å²) in [4.78, 5) is 33.5. The third-order valence-corrected chi connectivity index (χ3v) is 3.13. The summed E-state index contributed by atoms with van der Waals surface area (Å²) in [7, 11) is 0. The molecule has 0 unspecified atom stereocenters. The molecule has 1 N–H and O–H groups in total. The summed E-state index contributed by atoms with van der Waals surface area (Å²) in [5, 5.41) is 1.99. The van der Waals surface area contributed by atoms with E-state index in [4.69, 9.17) is 23.7 Å². The van der Waals surface area contributed by atoms with E-state index >= 15 is 0 Å². The monoisotopic (exact) mass is 349 g/mol. The van der Waals surface area contributed by atoms with Crippen molar-refractivity contribution in [3.05, 3.63) is 12.7 Å². The fourth-order valence-corrected chi connectivity index (χ4v) is 1.91. The van der Waals surface area contributed by atoms with Crippen LogP contribution in [0.4, 0.5) is 9.59 Å². The second-order valence-electron chi connectivity index (χ2n) is 4.14. The Morgan fingerprint density at radius 1 is 1.22 bits per heavy atom. The molecule has 0 bridgehead atoms. The quantitative estimate of drug-likeness (QED) is 0.384. The fourth-order valence-electron chi connectivity index (χ4n) is 1.38. The van der Waals surface area contributed by atoms with Crippen molar-refractivity contribution in [2.45, 2.75) is 6.10 Å². The first kappa shape index (κ1) is 19.3. The van der Waals surface area contributed by atoms with E-state index < -0.39 is 17.6 Å². The van der Waals surface area contributed by atoms with Crippen LogP contribution in [0.25, 0.3) is 0 Å². The molecule has 0 radical (unpaired) electrons. The van der Waals surface area contributed by atoms with Crippen molar-refractivity contribution >= 4 is 29.1 Å².